The second-order valence-electron chi connectivity index (χ2n) is 6.59. The van der Waals surface area contributed by atoms with Gasteiger partial charge in [0.15, 0.2) is 6.10 Å². The maximum absolute atomic E-state index is 12.8. The summed E-state index contributed by atoms with van der Waals surface area (Å²) < 4.78 is 7.39. The molecule has 1 amide bonds. The number of carbonyl (C=O) groups is 2. The number of aromatic nitrogens is 1. The van der Waals surface area contributed by atoms with Crippen molar-refractivity contribution in [1.82, 2.24) is 4.57 Å². The number of aryl methyl sites for hydroxylation is 1. The first-order valence-electron chi connectivity index (χ1n) is 8.70. The molecule has 5 nitrogen and oxygen atoms in total. The molecule has 132 valence electrons. The molecular weight excluding hydrogens is 328 g/mol. The minimum absolute atomic E-state index is 0.191. The zero-order chi connectivity index (χ0) is 18.3. The van der Waals surface area contributed by atoms with Crippen LogP contribution in [-0.4, -0.2) is 29.1 Å². The van der Waals surface area contributed by atoms with Gasteiger partial charge in [-0.25, -0.2) is 4.79 Å². The van der Waals surface area contributed by atoms with E-state index in [0.717, 1.165) is 28.6 Å². The van der Waals surface area contributed by atoms with E-state index in [4.69, 9.17) is 4.74 Å². The van der Waals surface area contributed by atoms with Gasteiger partial charge >= 0.3 is 5.97 Å². The Bertz CT molecular complexity index is 1010. The van der Waals surface area contributed by atoms with Gasteiger partial charge in [0.2, 0.25) is 0 Å². The maximum Gasteiger partial charge on any atom is 0.341 e. The molecule has 2 heterocycles. The lowest BCUT2D eigenvalue weighted by molar-refractivity contribution is -0.126. The fraction of sp³-hybridized carbons (Fsp3) is 0.238. The molecule has 1 atom stereocenters. The first kappa shape index (κ1) is 16.4. The number of ether oxygens (including phenoxy) is 1. The fourth-order valence-corrected chi connectivity index (χ4v) is 3.57. The largest absolute Gasteiger partial charge is 0.449 e. The van der Waals surface area contributed by atoms with Crippen LogP contribution in [0.25, 0.3) is 10.9 Å². The minimum atomic E-state index is -0.840. The van der Waals surface area contributed by atoms with E-state index in [-0.39, 0.29) is 5.91 Å². The van der Waals surface area contributed by atoms with Gasteiger partial charge in [0.25, 0.3) is 5.91 Å². The second kappa shape index (κ2) is 6.33. The van der Waals surface area contributed by atoms with Gasteiger partial charge in [-0.1, -0.05) is 36.4 Å². The van der Waals surface area contributed by atoms with E-state index in [1.54, 1.807) is 18.0 Å². The van der Waals surface area contributed by atoms with E-state index >= 15 is 0 Å². The average Bonchev–Trinajstić information content (AvgIpc) is 3.23. The van der Waals surface area contributed by atoms with Gasteiger partial charge in [-0.3, -0.25) is 4.79 Å². The second-order valence-corrected chi connectivity index (χ2v) is 6.59. The number of fused-ring (bicyclic) bond motifs is 2. The van der Waals surface area contributed by atoms with Crippen molar-refractivity contribution in [3.8, 4) is 0 Å². The number of amides is 1. The topological polar surface area (TPSA) is 51.5 Å². The number of para-hydroxylation sites is 2. The molecule has 0 spiro atoms. The van der Waals surface area contributed by atoms with Crippen LogP contribution >= 0.6 is 0 Å². The van der Waals surface area contributed by atoms with E-state index in [0.29, 0.717) is 12.1 Å². The molecule has 1 aromatic heterocycles. The van der Waals surface area contributed by atoms with Gasteiger partial charge in [0.1, 0.15) is 0 Å². The Morgan fingerprint density at radius 2 is 1.81 bits per heavy atom. The lowest BCUT2D eigenvalue weighted by atomic mass is 10.2. The van der Waals surface area contributed by atoms with Crippen LogP contribution in [0.2, 0.25) is 0 Å². The van der Waals surface area contributed by atoms with Crippen LogP contribution in [0.5, 0.6) is 0 Å². The fourth-order valence-electron chi connectivity index (χ4n) is 3.57. The first-order valence-corrected chi connectivity index (χ1v) is 8.70. The van der Waals surface area contributed by atoms with Crippen LogP contribution in [0, 0.1) is 0 Å². The Kier molecular flexibility index (Phi) is 3.99. The van der Waals surface area contributed by atoms with Crippen molar-refractivity contribution in [2.45, 2.75) is 19.4 Å². The Morgan fingerprint density at radius 3 is 2.65 bits per heavy atom. The summed E-state index contributed by atoms with van der Waals surface area (Å²) in [4.78, 5) is 27.1. The molecule has 1 aliphatic heterocycles. The van der Waals surface area contributed by atoms with Crippen molar-refractivity contribution in [1.29, 1.82) is 0 Å². The number of hydrogen-bond donors (Lipinski definition) is 0. The molecule has 2 aromatic carbocycles. The molecule has 26 heavy (non-hydrogen) atoms. The standard InChI is InChI=1S/C21H20N2O3/c1-14(20(24)23-12-11-15-7-3-5-9-18(15)23)26-21(25)17-13-22(2)19-10-6-4-8-16(17)19/h3-10,13-14H,11-12H2,1-2H3. The van der Waals surface area contributed by atoms with Gasteiger partial charge in [0, 0.05) is 36.4 Å². The van der Waals surface area contributed by atoms with Crippen LogP contribution in [-0.2, 0) is 23.0 Å². The van der Waals surface area contributed by atoms with Crippen LogP contribution in [0.15, 0.2) is 54.7 Å². The van der Waals surface area contributed by atoms with Crippen molar-refractivity contribution in [2.75, 3.05) is 11.4 Å². The molecule has 0 radical (unpaired) electrons. The van der Waals surface area contributed by atoms with E-state index < -0.39 is 12.1 Å². The van der Waals surface area contributed by atoms with Gasteiger partial charge in [0.05, 0.1) is 5.56 Å². The molecule has 4 rings (SSSR count). The van der Waals surface area contributed by atoms with Crippen molar-refractivity contribution >= 4 is 28.5 Å². The van der Waals surface area contributed by atoms with Crippen LogP contribution in [0.3, 0.4) is 0 Å². The lowest BCUT2D eigenvalue weighted by Gasteiger charge is -2.21. The lowest BCUT2D eigenvalue weighted by Crippen LogP contribution is -2.39. The number of nitrogens with zero attached hydrogens (tertiary/aromatic N) is 2. The summed E-state index contributed by atoms with van der Waals surface area (Å²) in [5.41, 5.74) is 3.48. The Balaban J connectivity index is 1.53. The third kappa shape index (κ3) is 2.65. The highest BCUT2D eigenvalue weighted by molar-refractivity contribution is 6.06. The van der Waals surface area contributed by atoms with E-state index in [1.165, 1.54) is 0 Å². The summed E-state index contributed by atoms with van der Waals surface area (Å²) in [5.74, 6) is -0.668. The number of rotatable bonds is 3. The number of hydrogen-bond acceptors (Lipinski definition) is 3. The smallest absolute Gasteiger partial charge is 0.341 e. The Labute approximate surface area is 151 Å². The number of esters is 1. The summed E-state index contributed by atoms with van der Waals surface area (Å²) in [6, 6.07) is 15.5. The normalized spacial score (nSPS) is 14.3. The summed E-state index contributed by atoms with van der Waals surface area (Å²) in [7, 11) is 1.88. The third-order valence-electron chi connectivity index (χ3n) is 4.90. The molecule has 1 unspecified atom stereocenters. The summed E-state index contributed by atoms with van der Waals surface area (Å²) in [5, 5.41) is 0.825. The van der Waals surface area contributed by atoms with Crippen molar-refractivity contribution in [2.24, 2.45) is 7.05 Å². The Morgan fingerprint density at radius 1 is 1.08 bits per heavy atom. The SMILES string of the molecule is CC(OC(=O)c1cn(C)c2ccccc12)C(=O)N1CCc2ccccc21. The first-order chi connectivity index (χ1) is 12.6. The number of carbonyl (C=O) groups excluding carboxylic acids is 2. The molecule has 0 fully saturated rings. The Hall–Kier alpha value is -3.08. The quantitative estimate of drug-likeness (QED) is 0.683. The van der Waals surface area contributed by atoms with E-state index in [1.807, 2.05) is 60.1 Å². The average molecular weight is 348 g/mol. The molecule has 0 N–H and O–H groups in total. The molecular formula is C21H20N2O3. The highest BCUT2D eigenvalue weighted by Crippen LogP contribution is 2.28. The molecule has 0 saturated carbocycles. The van der Waals surface area contributed by atoms with Gasteiger partial charge < -0.3 is 14.2 Å². The molecule has 3 aromatic rings. The van der Waals surface area contributed by atoms with E-state index in [9.17, 15) is 9.59 Å². The van der Waals surface area contributed by atoms with Crippen molar-refractivity contribution in [3.05, 3.63) is 65.9 Å². The van der Waals surface area contributed by atoms with Crippen LogP contribution in [0.4, 0.5) is 5.69 Å². The maximum atomic E-state index is 12.8. The molecule has 1 aliphatic rings. The molecule has 0 saturated heterocycles. The zero-order valence-corrected chi connectivity index (χ0v) is 14.8. The highest BCUT2D eigenvalue weighted by atomic mass is 16.5. The summed E-state index contributed by atoms with van der Waals surface area (Å²) in [6.45, 7) is 2.25. The zero-order valence-electron chi connectivity index (χ0n) is 14.8. The van der Waals surface area contributed by atoms with Crippen LogP contribution < -0.4 is 4.90 Å². The number of anilines is 1. The number of benzene rings is 2. The molecule has 5 heteroatoms. The minimum Gasteiger partial charge on any atom is -0.449 e. The van der Waals surface area contributed by atoms with Gasteiger partial charge in [-0.05, 0) is 31.0 Å². The van der Waals surface area contributed by atoms with E-state index in [2.05, 4.69) is 0 Å². The van der Waals surface area contributed by atoms with Crippen LogP contribution in [0.1, 0.15) is 22.8 Å². The molecule has 0 bridgehead atoms. The van der Waals surface area contributed by atoms with Gasteiger partial charge in [-0.2, -0.15) is 0 Å². The summed E-state index contributed by atoms with van der Waals surface area (Å²) >= 11 is 0. The van der Waals surface area contributed by atoms with Gasteiger partial charge in [-0.15, -0.1) is 0 Å². The van der Waals surface area contributed by atoms with Crippen molar-refractivity contribution in [3.63, 3.8) is 0 Å². The predicted octanol–water partition coefficient (Wildman–Crippen LogP) is 3.31. The van der Waals surface area contributed by atoms with Crippen molar-refractivity contribution < 1.29 is 14.3 Å². The predicted molar refractivity (Wildman–Crippen MR) is 100 cm³/mol. The highest BCUT2D eigenvalue weighted by Gasteiger charge is 2.30. The third-order valence-corrected chi connectivity index (χ3v) is 4.90. The monoisotopic (exact) mass is 348 g/mol. The molecule has 0 aliphatic carbocycles. The summed E-state index contributed by atoms with van der Waals surface area (Å²) in [6.07, 6.45) is 1.73.